The Labute approximate surface area is 876 Å². The summed E-state index contributed by atoms with van der Waals surface area (Å²) in [5.41, 5.74) is 12.0. The second-order valence-corrected chi connectivity index (χ2v) is 38.2. The number of piperazine rings is 3. The van der Waals surface area contributed by atoms with Crippen molar-refractivity contribution < 1.29 is 59.3 Å². The van der Waals surface area contributed by atoms with Crippen molar-refractivity contribution in [3.8, 4) is 36.2 Å². The number of ether oxygens (including phenoxy) is 3. The van der Waals surface area contributed by atoms with Crippen molar-refractivity contribution in [2.45, 2.75) is 192 Å². The number of rotatable bonds is 25. The average Bonchev–Trinajstić information content (AvgIpc) is 1.17. The number of aromatic nitrogens is 6. The molecule has 17 rings (SSSR count). The maximum Gasteiger partial charge on any atom is 0.419 e. The van der Waals surface area contributed by atoms with Gasteiger partial charge in [-0.2, -0.15) is 140 Å². The van der Waals surface area contributed by atoms with E-state index in [1.54, 1.807) is 31.8 Å². The summed E-state index contributed by atoms with van der Waals surface area (Å²) in [6.45, 7) is 25.1. The smallest absolute Gasteiger partial charge is 0.419 e. The molecule has 3 aromatic heterocycles. The molecule has 0 radical (unpaired) electrons. The van der Waals surface area contributed by atoms with Crippen molar-refractivity contribution in [1.29, 1.82) is 15.8 Å². The highest BCUT2D eigenvalue weighted by molar-refractivity contribution is 7.60. The van der Waals surface area contributed by atoms with E-state index >= 15 is 0 Å². The van der Waals surface area contributed by atoms with Gasteiger partial charge in [-0.3, -0.25) is 24.2 Å². The summed E-state index contributed by atoms with van der Waals surface area (Å²) in [6, 6.07) is 24.1. The molecule has 142 heavy (non-hydrogen) atoms. The number of benzene rings is 3. The number of aryl methyl sites for hydroxylation is 2. The van der Waals surface area contributed by atoms with Crippen molar-refractivity contribution in [3.05, 3.63) is 158 Å². The van der Waals surface area contributed by atoms with Gasteiger partial charge in [0.05, 0.1) is 115 Å². The lowest BCUT2D eigenvalue weighted by Gasteiger charge is -2.42. The van der Waals surface area contributed by atoms with E-state index in [1.807, 2.05) is 22.9 Å². The third-order valence-electron chi connectivity index (χ3n) is 28.8. The van der Waals surface area contributed by atoms with Gasteiger partial charge in [0.2, 0.25) is 11.8 Å². The van der Waals surface area contributed by atoms with Crippen LogP contribution in [0.15, 0.2) is 91.3 Å². The van der Waals surface area contributed by atoms with E-state index in [9.17, 15) is 60.9 Å². The van der Waals surface area contributed by atoms with Gasteiger partial charge >= 0.3 is 24.2 Å². The molecular weight excluding hydrogens is 1970 g/mol. The van der Waals surface area contributed by atoms with Gasteiger partial charge < -0.3 is 73.0 Å². The van der Waals surface area contributed by atoms with Gasteiger partial charge in [0, 0.05) is 176 Å². The molecule has 0 saturated carbocycles. The van der Waals surface area contributed by atoms with Crippen molar-refractivity contribution in [2.75, 3.05) is 208 Å². The van der Waals surface area contributed by atoms with Crippen LogP contribution in [0.1, 0.15) is 132 Å². The van der Waals surface area contributed by atoms with Crippen LogP contribution in [0.4, 0.5) is 65.2 Å². The van der Waals surface area contributed by atoms with Crippen LogP contribution in [0.3, 0.4) is 0 Å². The number of hydrogen-bond acceptors (Lipinski definition) is 26. The molecule has 43 heteroatoms. The molecule has 3 amide bonds. The van der Waals surface area contributed by atoms with Gasteiger partial charge in [-0.05, 0) is 179 Å². The van der Waals surface area contributed by atoms with Gasteiger partial charge in [0.1, 0.15) is 43.4 Å². The van der Waals surface area contributed by atoms with Gasteiger partial charge in [-0.1, -0.05) is 60.7 Å². The first-order valence-corrected chi connectivity index (χ1v) is 48.1. The lowest BCUT2D eigenvalue weighted by atomic mass is 10.0. The SMILES string of the molecule is C=C(F)C(=O)N1CCN(c2nc(OC[C@@H]3CCCN3C)nc3c2CCN(c2cccc(C)c2C)C3)C[C@@H]1CC#N.CN1CCC[C@H]1COc1nc2c(c(N3CCN(C(=O)/C=C/CN4CCC(F)(F)C4)[C@@H](CC#N)C3)n1)CCN(c1cccc(Cl)c1C(F)(F)F)C2.Cc1cccc(N2CCc3c(nc(OC[C@@H]4CCCN4C)nc3N3CCN(C(=O)/C=C/CN4CCC(F)C4)[C@@H](CC#N)C3)C2)c1C.S.S.S.S.S.S. The summed E-state index contributed by atoms with van der Waals surface area (Å²) in [7, 11) is 6.28. The number of nitrogens with zero attached hydrogens (tertiary/aromatic N) is 23. The predicted octanol–water partition coefficient (Wildman–Crippen LogP) is 12.9. The van der Waals surface area contributed by atoms with Crippen molar-refractivity contribution in [1.82, 2.24) is 69.1 Å². The van der Waals surface area contributed by atoms with Gasteiger partial charge in [-0.25, -0.2) is 17.6 Å². The maximum atomic E-state index is 14.1. The zero-order chi connectivity index (χ0) is 96.2. The van der Waals surface area contributed by atoms with Gasteiger partial charge in [0.15, 0.2) is 5.83 Å². The highest BCUT2D eigenvalue weighted by atomic mass is 35.5. The van der Waals surface area contributed by atoms with Gasteiger partial charge in [0.25, 0.3) is 11.8 Å². The molecule has 8 fully saturated rings. The fourth-order valence-electron chi connectivity index (χ4n) is 20.8. The van der Waals surface area contributed by atoms with E-state index < -0.39 is 47.7 Å². The Morgan fingerprint density at radius 2 is 0.852 bits per heavy atom. The molecular formula is C99H137ClF7N23O6S6. The Hall–Kier alpha value is -9.10. The van der Waals surface area contributed by atoms with Crippen LogP contribution in [0.2, 0.25) is 5.02 Å². The molecule has 11 aliphatic heterocycles. The molecule has 14 heterocycles. The molecule has 11 aliphatic rings. The minimum atomic E-state index is -4.66. The van der Waals surface area contributed by atoms with E-state index in [2.05, 4.69) is 137 Å². The second-order valence-electron chi connectivity index (χ2n) is 37.8. The summed E-state index contributed by atoms with van der Waals surface area (Å²) in [4.78, 5) is 96.3. The first kappa shape index (κ1) is 116. The molecule has 0 N–H and O–H groups in total. The first-order valence-electron chi connectivity index (χ1n) is 47.7. The number of carbonyl (C=O) groups is 3. The zero-order valence-corrected chi connectivity index (χ0v) is 88.8. The number of likely N-dealkylation sites (tertiary alicyclic amines) is 5. The largest absolute Gasteiger partial charge is 0.462 e. The minimum absolute atomic E-state index is 0. The third kappa shape index (κ3) is 28.4. The number of fused-ring (bicyclic) bond motifs is 3. The molecule has 1 unspecified atom stereocenters. The molecule has 0 spiro atoms. The molecule has 8 saturated heterocycles. The lowest BCUT2D eigenvalue weighted by Crippen LogP contribution is -2.55. The van der Waals surface area contributed by atoms with Crippen LogP contribution in [0.5, 0.6) is 18.0 Å². The van der Waals surface area contributed by atoms with Crippen LogP contribution in [0.25, 0.3) is 0 Å². The van der Waals surface area contributed by atoms with Crippen molar-refractivity contribution in [2.24, 2.45) is 0 Å². The normalized spacial score (nSPS) is 21.9. The molecule has 776 valence electrons. The fraction of sp³-hybridized carbons (Fsp3) is 0.576. The summed E-state index contributed by atoms with van der Waals surface area (Å²) in [5, 5.41) is 28.4. The number of amides is 3. The maximum absolute atomic E-state index is 14.1. The van der Waals surface area contributed by atoms with E-state index in [0.717, 1.165) is 117 Å². The Kier molecular flexibility index (Phi) is 43.3. The fourth-order valence-corrected chi connectivity index (χ4v) is 21.0. The molecule has 29 nitrogen and oxygen atoms in total. The van der Waals surface area contributed by atoms with Gasteiger partial charge in [-0.15, -0.1) is 0 Å². The summed E-state index contributed by atoms with van der Waals surface area (Å²) in [5.74, 6) is -2.66. The predicted molar refractivity (Wildman–Crippen MR) is 569 cm³/mol. The highest BCUT2D eigenvalue weighted by Crippen LogP contribution is 2.45. The molecule has 3 aromatic carbocycles. The summed E-state index contributed by atoms with van der Waals surface area (Å²) >= 11 is 6.05. The number of likely N-dealkylation sites (N-methyl/N-ethyl adjacent to an activating group) is 3. The van der Waals surface area contributed by atoms with E-state index in [-0.39, 0.29) is 200 Å². The first-order chi connectivity index (χ1) is 65.4. The van der Waals surface area contributed by atoms with Crippen LogP contribution < -0.4 is 43.6 Å². The summed E-state index contributed by atoms with van der Waals surface area (Å²) in [6.07, 6.45) is 10.1. The van der Waals surface area contributed by atoms with Crippen LogP contribution in [-0.4, -0.2) is 314 Å². The zero-order valence-electron chi connectivity index (χ0n) is 82.0. The average molecular weight is 2110 g/mol. The van der Waals surface area contributed by atoms with Crippen LogP contribution in [0, 0.1) is 61.7 Å². The van der Waals surface area contributed by atoms with Crippen molar-refractivity contribution >= 4 is 145 Å². The van der Waals surface area contributed by atoms with Crippen LogP contribution >= 0.6 is 92.6 Å². The Morgan fingerprint density at radius 1 is 0.479 bits per heavy atom. The molecule has 0 aliphatic carbocycles. The monoisotopic (exact) mass is 2100 g/mol. The summed E-state index contributed by atoms with van der Waals surface area (Å²) < 4.78 is 115. The van der Waals surface area contributed by atoms with E-state index in [0.29, 0.717) is 140 Å². The lowest BCUT2D eigenvalue weighted by molar-refractivity contribution is -0.137. The van der Waals surface area contributed by atoms with Crippen LogP contribution in [-0.2, 0) is 59.5 Å². The van der Waals surface area contributed by atoms with E-state index in [1.165, 1.54) is 69.2 Å². The topological polar surface area (TPSA) is 273 Å². The Balaban J connectivity index is 0.000000234. The Bertz CT molecular complexity index is 5520. The minimum Gasteiger partial charge on any atom is -0.462 e. The molecule has 7 atom stereocenters. The highest BCUT2D eigenvalue weighted by Gasteiger charge is 2.44. The number of carbonyl (C=O) groups excluding carboxylic acids is 3. The number of hydrogen-bond donors (Lipinski definition) is 0. The van der Waals surface area contributed by atoms with E-state index in [4.69, 9.17) is 55.7 Å². The Morgan fingerprint density at radius 3 is 1.20 bits per heavy atom. The number of nitriles is 3. The standard InChI is InChI=1S/C35H47FN8O2.C34H40ClF5N8O2.C30H38FN7O2.6H2S/c1-25-7-4-9-32(26(25)2)42-18-13-30-31(23-42)38-35(46-24-29-8-5-15-40(29)3)39-34(30)43-19-20-44(28(22-43)11-14-37)33(45)10-6-16-41-17-12-27(36)21-41;1-44-13-3-5-24(44)21-50-32-42-27-20-46(28-7-2-6-26(35)30(28)34(38,39)40)15-10-25(27)31(43-32)47-17-18-48(23(19-47)9-12-41)29(49)8-4-14-45-16-11-33(36,37)22-45;1-20-7-5-9-27(21(20)2)36-14-11-25-26(18-36)33-30(40-19-24-8-6-13-35(24)4)34-28(25)37-15-16-38(29(39)22(3)31)23(17-37)10-12-32;;;;;;/h4,6-7,9-10,27-29H,5,8,11-13,15-24H2,1-3H3;2,4,6-8,23-24H,3,5,9-11,13-22H2,1H3;5,7,9,23-24H,3,6,8,10-11,13-19H2,1-2,4H3;6*1H2/b10-6+;8-4+;;;;;;;/t27?,28-,29-;2*23-,24-;;;;;;/m000....../s1. The number of anilines is 6. The van der Waals surface area contributed by atoms with Crippen molar-refractivity contribution in [3.63, 3.8) is 0 Å². The second kappa shape index (κ2) is 52.8. The number of alkyl halides is 6. The third-order valence-corrected chi connectivity index (χ3v) is 29.2. The molecule has 0 bridgehead atoms. The number of halogens is 8. The molecule has 6 aromatic rings. The quantitative estimate of drug-likeness (QED) is 0.0380.